The first-order valence-corrected chi connectivity index (χ1v) is 11.2. The summed E-state index contributed by atoms with van der Waals surface area (Å²) in [6.07, 6.45) is -1.92. The molecule has 4 rings (SSSR count). The van der Waals surface area contributed by atoms with Gasteiger partial charge in [0.2, 0.25) is 0 Å². The summed E-state index contributed by atoms with van der Waals surface area (Å²) in [6.45, 7) is 2.66. The predicted octanol–water partition coefficient (Wildman–Crippen LogP) is 4.50. The molecule has 34 heavy (non-hydrogen) atoms. The molecule has 0 bridgehead atoms. The third-order valence-corrected chi connectivity index (χ3v) is 6.18. The molecule has 2 aliphatic heterocycles. The minimum atomic E-state index is -4.54. The van der Waals surface area contributed by atoms with E-state index in [0.717, 1.165) is 38.2 Å². The van der Waals surface area contributed by atoms with Gasteiger partial charge in [0, 0.05) is 19.6 Å². The van der Waals surface area contributed by atoms with Crippen LogP contribution in [0.15, 0.2) is 42.5 Å². The third-order valence-electron chi connectivity index (χ3n) is 6.18. The van der Waals surface area contributed by atoms with Crippen LogP contribution in [0.2, 0.25) is 0 Å². The maximum absolute atomic E-state index is 13.1. The molecule has 1 fully saturated rings. The molecule has 2 aromatic carbocycles. The zero-order valence-corrected chi connectivity index (χ0v) is 18.5. The average molecular weight is 471 g/mol. The largest absolute Gasteiger partial charge is 0.490 e. The van der Waals surface area contributed by atoms with Crippen molar-refractivity contribution in [1.82, 2.24) is 9.80 Å². The van der Waals surface area contributed by atoms with E-state index < -0.39 is 11.7 Å². The van der Waals surface area contributed by atoms with Gasteiger partial charge in [0.15, 0.2) is 0 Å². The van der Waals surface area contributed by atoms with Gasteiger partial charge in [0.25, 0.3) is 11.8 Å². The summed E-state index contributed by atoms with van der Waals surface area (Å²) in [7, 11) is 0. The second kappa shape index (κ2) is 9.85. The number of nitrogens with zero attached hydrogens (tertiary/aromatic N) is 3. The highest BCUT2D eigenvalue weighted by atomic mass is 19.4. The van der Waals surface area contributed by atoms with Crippen LogP contribution in [0, 0.1) is 11.3 Å². The van der Waals surface area contributed by atoms with E-state index in [1.54, 1.807) is 30.3 Å². The molecule has 2 amide bonds. The van der Waals surface area contributed by atoms with Crippen LogP contribution in [0.25, 0.3) is 0 Å². The number of amides is 2. The standard InChI is InChI=1S/C25H24F3N3O3/c26-25(27,28)18-13-17(16-29)14-20(15-18)34-19-7-11-30(12-8-19)9-3-4-10-31-23(32)21-5-1-2-6-22(21)24(31)33/h1-2,5-6,13-15,19H,3-4,7-12H2. The molecule has 0 N–H and O–H groups in total. The van der Waals surface area contributed by atoms with Gasteiger partial charge in [-0.3, -0.25) is 14.5 Å². The highest BCUT2D eigenvalue weighted by molar-refractivity contribution is 6.21. The number of hydrogen-bond donors (Lipinski definition) is 0. The van der Waals surface area contributed by atoms with Crippen molar-refractivity contribution in [3.63, 3.8) is 0 Å². The second-order valence-corrected chi connectivity index (χ2v) is 8.53. The fourth-order valence-electron chi connectivity index (χ4n) is 4.39. The molecule has 0 atom stereocenters. The van der Waals surface area contributed by atoms with Gasteiger partial charge in [-0.1, -0.05) is 12.1 Å². The lowest BCUT2D eigenvalue weighted by molar-refractivity contribution is -0.137. The summed E-state index contributed by atoms with van der Waals surface area (Å²) in [5, 5.41) is 9.02. The molecule has 0 spiro atoms. The van der Waals surface area contributed by atoms with Crippen molar-refractivity contribution in [1.29, 1.82) is 5.26 Å². The third kappa shape index (κ3) is 5.23. The number of unbranched alkanes of at least 4 members (excludes halogenated alkanes) is 1. The monoisotopic (exact) mass is 471 g/mol. The Hall–Kier alpha value is -3.38. The Morgan fingerprint density at radius 1 is 0.971 bits per heavy atom. The fourth-order valence-corrected chi connectivity index (χ4v) is 4.39. The SMILES string of the molecule is N#Cc1cc(OC2CCN(CCCCN3C(=O)c4ccccc4C3=O)CC2)cc(C(F)(F)F)c1. The number of imide groups is 1. The van der Waals surface area contributed by atoms with Crippen LogP contribution in [0.4, 0.5) is 13.2 Å². The van der Waals surface area contributed by atoms with Gasteiger partial charge in [0.05, 0.1) is 28.3 Å². The van der Waals surface area contributed by atoms with Crippen molar-refractivity contribution in [2.45, 2.75) is 38.0 Å². The lowest BCUT2D eigenvalue weighted by Gasteiger charge is -2.32. The van der Waals surface area contributed by atoms with Crippen molar-refractivity contribution in [2.75, 3.05) is 26.2 Å². The molecule has 1 saturated heterocycles. The zero-order valence-electron chi connectivity index (χ0n) is 18.5. The van der Waals surface area contributed by atoms with E-state index in [1.807, 2.05) is 0 Å². The van der Waals surface area contributed by atoms with Crippen molar-refractivity contribution >= 4 is 11.8 Å². The lowest BCUT2D eigenvalue weighted by Crippen LogP contribution is -2.39. The van der Waals surface area contributed by atoms with Crippen molar-refractivity contribution in [3.05, 3.63) is 64.7 Å². The number of carbonyl (C=O) groups excluding carboxylic acids is 2. The van der Waals surface area contributed by atoms with Crippen LogP contribution < -0.4 is 4.74 Å². The van der Waals surface area contributed by atoms with E-state index in [0.29, 0.717) is 36.9 Å². The number of nitriles is 1. The number of carbonyl (C=O) groups is 2. The van der Waals surface area contributed by atoms with Crippen molar-refractivity contribution in [2.24, 2.45) is 0 Å². The molecule has 178 valence electrons. The molecule has 2 aliphatic rings. The van der Waals surface area contributed by atoms with Gasteiger partial charge in [-0.2, -0.15) is 18.4 Å². The summed E-state index contributed by atoms with van der Waals surface area (Å²) in [6, 6.07) is 11.7. The van der Waals surface area contributed by atoms with Crippen molar-refractivity contribution < 1.29 is 27.5 Å². The number of fused-ring (bicyclic) bond motifs is 1. The molecule has 0 radical (unpaired) electrons. The van der Waals surface area contributed by atoms with E-state index >= 15 is 0 Å². The highest BCUT2D eigenvalue weighted by Crippen LogP contribution is 2.33. The van der Waals surface area contributed by atoms with Crippen LogP contribution in [0.5, 0.6) is 5.75 Å². The van der Waals surface area contributed by atoms with Gasteiger partial charge in [-0.15, -0.1) is 0 Å². The Kier molecular flexibility index (Phi) is 6.89. The zero-order chi connectivity index (χ0) is 24.3. The van der Waals surface area contributed by atoms with Gasteiger partial charge in [-0.05, 0) is 62.6 Å². The average Bonchev–Trinajstić information content (AvgIpc) is 3.07. The normalized spacial score (nSPS) is 17.1. The summed E-state index contributed by atoms with van der Waals surface area (Å²) in [5.41, 5.74) is -0.0631. The Bertz CT molecular complexity index is 1080. The fraction of sp³-hybridized carbons (Fsp3) is 0.400. The van der Waals surface area contributed by atoms with Crippen LogP contribution in [-0.4, -0.2) is 53.9 Å². The highest BCUT2D eigenvalue weighted by Gasteiger charge is 2.34. The number of likely N-dealkylation sites (tertiary alicyclic amines) is 1. The topological polar surface area (TPSA) is 73.6 Å². The molecule has 2 aromatic rings. The molecule has 2 heterocycles. The Balaban J connectivity index is 1.21. The molecule has 0 aromatic heterocycles. The van der Waals surface area contributed by atoms with E-state index in [-0.39, 0.29) is 29.2 Å². The van der Waals surface area contributed by atoms with Crippen LogP contribution >= 0.6 is 0 Å². The van der Waals surface area contributed by atoms with Gasteiger partial charge < -0.3 is 9.64 Å². The van der Waals surface area contributed by atoms with Gasteiger partial charge in [0.1, 0.15) is 11.9 Å². The van der Waals surface area contributed by atoms with Crippen LogP contribution in [0.3, 0.4) is 0 Å². The first-order valence-electron chi connectivity index (χ1n) is 11.2. The molecule has 6 nitrogen and oxygen atoms in total. The quantitative estimate of drug-likeness (QED) is 0.439. The molecule has 0 aliphatic carbocycles. The first kappa shape index (κ1) is 23.8. The van der Waals surface area contributed by atoms with E-state index in [2.05, 4.69) is 4.90 Å². The minimum Gasteiger partial charge on any atom is -0.490 e. The molecular weight excluding hydrogens is 447 g/mol. The summed E-state index contributed by atoms with van der Waals surface area (Å²) in [5.74, 6) is -0.425. The van der Waals surface area contributed by atoms with E-state index in [9.17, 15) is 22.8 Å². The van der Waals surface area contributed by atoms with Crippen LogP contribution in [0.1, 0.15) is 57.5 Å². The molecule has 0 unspecified atom stereocenters. The number of hydrogen-bond acceptors (Lipinski definition) is 5. The van der Waals surface area contributed by atoms with Crippen LogP contribution in [-0.2, 0) is 6.18 Å². The molecule has 0 saturated carbocycles. The number of halogens is 3. The Morgan fingerprint density at radius 2 is 1.59 bits per heavy atom. The van der Waals surface area contributed by atoms with E-state index in [4.69, 9.17) is 10.00 Å². The number of rotatable bonds is 7. The predicted molar refractivity (Wildman–Crippen MR) is 117 cm³/mol. The molecule has 9 heteroatoms. The van der Waals surface area contributed by atoms with Gasteiger partial charge in [-0.25, -0.2) is 0 Å². The Morgan fingerprint density at radius 3 is 2.18 bits per heavy atom. The summed E-state index contributed by atoms with van der Waals surface area (Å²) >= 11 is 0. The van der Waals surface area contributed by atoms with E-state index in [1.165, 1.54) is 11.0 Å². The number of piperidine rings is 1. The lowest BCUT2D eigenvalue weighted by atomic mass is 10.1. The smallest absolute Gasteiger partial charge is 0.416 e. The Labute approximate surface area is 195 Å². The number of alkyl halides is 3. The number of benzene rings is 2. The molecular formula is C25H24F3N3O3. The maximum atomic E-state index is 13.1. The maximum Gasteiger partial charge on any atom is 0.416 e. The summed E-state index contributed by atoms with van der Waals surface area (Å²) in [4.78, 5) is 28.4. The van der Waals surface area contributed by atoms with Crippen molar-refractivity contribution in [3.8, 4) is 11.8 Å². The number of ether oxygens (including phenoxy) is 1. The summed E-state index contributed by atoms with van der Waals surface area (Å²) < 4.78 is 45.0. The second-order valence-electron chi connectivity index (χ2n) is 8.53. The minimum absolute atomic E-state index is 0.0609. The van der Waals surface area contributed by atoms with Gasteiger partial charge >= 0.3 is 6.18 Å². The first-order chi connectivity index (χ1) is 16.3.